The number of para-hydroxylation sites is 1. The maximum Gasteiger partial charge on any atom is 0.246 e. The van der Waals surface area contributed by atoms with E-state index in [4.69, 9.17) is 25.0 Å². The molecule has 0 bridgehead atoms. The van der Waals surface area contributed by atoms with Crippen molar-refractivity contribution in [2.75, 3.05) is 65.9 Å². The molecule has 1 amide bonds. The Morgan fingerprint density at radius 3 is 2.45 bits per heavy atom. The normalized spacial score (nSPS) is 15.3. The van der Waals surface area contributed by atoms with E-state index in [9.17, 15) is 4.79 Å². The molecule has 11 nitrogen and oxygen atoms in total. The van der Waals surface area contributed by atoms with Crippen molar-refractivity contribution in [3.05, 3.63) is 73.1 Å². The summed E-state index contributed by atoms with van der Waals surface area (Å²) in [6, 6.07) is 17.3. The predicted molar refractivity (Wildman–Crippen MR) is 161 cm³/mol. The molecule has 42 heavy (non-hydrogen) atoms. The average Bonchev–Trinajstić information content (AvgIpc) is 3.65. The topological polar surface area (TPSA) is 121 Å². The van der Waals surface area contributed by atoms with Crippen LogP contribution in [-0.4, -0.2) is 95.6 Å². The zero-order chi connectivity index (χ0) is 29.3. The summed E-state index contributed by atoms with van der Waals surface area (Å²) in [7, 11) is 3.36. The number of benzene rings is 2. The minimum absolute atomic E-state index is 0.0178. The van der Waals surface area contributed by atoms with Gasteiger partial charge in [0.25, 0.3) is 0 Å². The van der Waals surface area contributed by atoms with Crippen molar-refractivity contribution >= 4 is 22.8 Å². The van der Waals surface area contributed by atoms with E-state index in [0.717, 1.165) is 36.6 Å². The summed E-state index contributed by atoms with van der Waals surface area (Å²) in [6.45, 7) is 4.60. The summed E-state index contributed by atoms with van der Waals surface area (Å²) in [5.41, 5.74) is 8.56. The van der Waals surface area contributed by atoms with Gasteiger partial charge < -0.3 is 24.8 Å². The summed E-state index contributed by atoms with van der Waals surface area (Å²) in [5, 5.41) is 5.66. The van der Waals surface area contributed by atoms with Crippen LogP contribution in [0.3, 0.4) is 0 Å². The molecule has 1 aliphatic heterocycles. The zero-order valence-corrected chi connectivity index (χ0v) is 24.1. The maximum absolute atomic E-state index is 13.0. The number of aromatic nitrogens is 4. The van der Waals surface area contributed by atoms with Gasteiger partial charge in [-0.1, -0.05) is 24.3 Å². The van der Waals surface area contributed by atoms with Gasteiger partial charge in [-0.2, -0.15) is 5.10 Å². The van der Waals surface area contributed by atoms with E-state index in [2.05, 4.69) is 14.9 Å². The first-order chi connectivity index (χ1) is 20.6. The smallest absolute Gasteiger partial charge is 0.246 e. The van der Waals surface area contributed by atoms with Crippen molar-refractivity contribution in [1.82, 2.24) is 29.5 Å². The number of ether oxygens (including phenoxy) is 3. The number of nitrogens with two attached hydrogens (primary N) is 1. The van der Waals surface area contributed by atoms with Crippen LogP contribution in [0.1, 0.15) is 12.5 Å². The summed E-state index contributed by atoms with van der Waals surface area (Å²) in [5.74, 6) is 1.83. The van der Waals surface area contributed by atoms with Crippen LogP contribution in [0.2, 0.25) is 0 Å². The van der Waals surface area contributed by atoms with Gasteiger partial charge >= 0.3 is 0 Å². The molecule has 1 unspecified atom stereocenters. The molecule has 11 heteroatoms. The van der Waals surface area contributed by atoms with Crippen molar-refractivity contribution < 1.29 is 19.0 Å². The highest BCUT2D eigenvalue weighted by atomic mass is 16.5. The van der Waals surface area contributed by atoms with Crippen molar-refractivity contribution in [2.24, 2.45) is 0 Å². The van der Waals surface area contributed by atoms with E-state index < -0.39 is 0 Å². The SMILES string of the molecule is COCCN(CC=CC(=O)N1CCC(n2nc(-c3ccc(Oc4ccccc4)cc3)c3c(N)ncnc32)C1)CCOC. The molecule has 4 aromatic rings. The minimum Gasteiger partial charge on any atom is -0.457 e. The quantitative estimate of drug-likeness (QED) is 0.239. The Kier molecular flexibility index (Phi) is 9.75. The molecule has 0 radical (unpaired) electrons. The lowest BCUT2D eigenvalue weighted by molar-refractivity contribution is -0.125. The molecule has 2 aromatic carbocycles. The summed E-state index contributed by atoms with van der Waals surface area (Å²) in [4.78, 5) is 25.8. The highest BCUT2D eigenvalue weighted by Crippen LogP contribution is 2.35. The van der Waals surface area contributed by atoms with Crippen LogP contribution in [0.15, 0.2) is 73.1 Å². The Hall–Kier alpha value is -4.32. The number of nitrogens with zero attached hydrogens (tertiary/aromatic N) is 6. The van der Waals surface area contributed by atoms with Crippen molar-refractivity contribution in [1.29, 1.82) is 0 Å². The lowest BCUT2D eigenvalue weighted by atomic mass is 10.1. The van der Waals surface area contributed by atoms with Crippen molar-refractivity contribution in [3.63, 3.8) is 0 Å². The van der Waals surface area contributed by atoms with Gasteiger partial charge in [0.1, 0.15) is 29.3 Å². The van der Waals surface area contributed by atoms with Gasteiger partial charge in [0.2, 0.25) is 5.91 Å². The number of hydrogen-bond donors (Lipinski definition) is 1. The number of anilines is 1. The number of amides is 1. The van der Waals surface area contributed by atoms with Gasteiger partial charge in [-0.05, 0) is 42.8 Å². The van der Waals surface area contributed by atoms with Gasteiger partial charge in [0.05, 0.1) is 24.6 Å². The highest BCUT2D eigenvalue weighted by Gasteiger charge is 2.30. The summed E-state index contributed by atoms with van der Waals surface area (Å²) >= 11 is 0. The van der Waals surface area contributed by atoms with Crippen LogP contribution in [0.4, 0.5) is 5.82 Å². The van der Waals surface area contributed by atoms with Crippen LogP contribution in [0.25, 0.3) is 22.3 Å². The third-order valence-electron chi connectivity index (χ3n) is 7.29. The fourth-order valence-corrected chi connectivity index (χ4v) is 5.04. The first kappa shape index (κ1) is 29.2. The largest absolute Gasteiger partial charge is 0.457 e. The van der Waals surface area contributed by atoms with Gasteiger partial charge in [0.15, 0.2) is 5.65 Å². The summed E-state index contributed by atoms with van der Waals surface area (Å²) in [6.07, 6.45) is 5.77. The standard InChI is InChI=1S/C31H37N7O4/c1-40-19-17-36(18-20-41-2)15-6-9-27(39)37-16-14-24(21-37)38-31-28(30(32)33-22-34-31)29(35-38)23-10-12-26(13-11-23)42-25-7-4-3-5-8-25/h3-13,22,24H,14-21H2,1-2H3,(H2,32,33,34). The Labute approximate surface area is 245 Å². The first-order valence-electron chi connectivity index (χ1n) is 14.0. The van der Waals surface area contributed by atoms with E-state index in [1.807, 2.05) is 70.3 Å². The molecule has 2 aromatic heterocycles. The van der Waals surface area contributed by atoms with Crippen LogP contribution in [-0.2, 0) is 14.3 Å². The molecule has 1 fully saturated rings. The number of methoxy groups -OCH3 is 2. The van der Waals surface area contributed by atoms with Crippen LogP contribution < -0.4 is 10.5 Å². The maximum atomic E-state index is 13.0. The lowest BCUT2D eigenvalue weighted by Gasteiger charge is -2.20. The molecule has 220 valence electrons. The second-order valence-corrected chi connectivity index (χ2v) is 10.1. The van der Waals surface area contributed by atoms with Gasteiger partial charge in [-0.25, -0.2) is 14.6 Å². The van der Waals surface area contributed by atoms with Crippen LogP contribution in [0, 0.1) is 0 Å². The predicted octanol–water partition coefficient (Wildman–Crippen LogP) is 3.79. The molecule has 0 spiro atoms. The number of hydrogen-bond acceptors (Lipinski definition) is 9. The number of carbonyl (C=O) groups excluding carboxylic acids is 1. The molecule has 5 rings (SSSR count). The van der Waals surface area contributed by atoms with Crippen LogP contribution in [0.5, 0.6) is 11.5 Å². The molecular weight excluding hydrogens is 534 g/mol. The number of rotatable bonds is 13. The second kappa shape index (κ2) is 14.0. The number of nitrogen functional groups attached to an aromatic ring is 1. The number of likely N-dealkylation sites (tertiary alicyclic amines) is 1. The van der Waals surface area contributed by atoms with E-state index in [-0.39, 0.29) is 11.9 Å². The third kappa shape index (κ3) is 6.93. The highest BCUT2D eigenvalue weighted by molar-refractivity contribution is 5.98. The lowest BCUT2D eigenvalue weighted by Crippen LogP contribution is -2.31. The van der Waals surface area contributed by atoms with E-state index in [1.54, 1.807) is 20.3 Å². The Morgan fingerprint density at radius 2 is 1.74 bits per heavy atom. The molecule has 0 aliphatic carbocycles. The fourth-order valence-electron chi connectivity index (χ4n) is 5.04. The monoisotopic (exact) mass is 571 g/mol. The van der Waals surface area contributed by atoms with Crippen LogP contribution >= 0.6 is 0 Å². The molecule has 2 N–H and O–H groups in total. The van der Waals surface area contributed by atoms with Gasteiger partial charge in [0, 0.05) is 58.6 Å². The Bertz CT molecular complexity index is 1480. The molecular formula is C31H37N7O4. The fraction of sp³-hybridized carbons (Fsp3) is 0.355. The van der Waals surface area contributed by atoms with Gasteiger partial charge in [-0.3, -0.25) is 9.69 Å². The second-order valence-electron chi connectivity index (χ2n) is 10.1. The summed E-state index contributed by atoms with van der Waals surface area (Å²) < 4.78 is 18.2. The van der Waals surface area contributed by atoms with E-state index in [1.165, 1.54) is 6.33 Å². The van der Waals surface area contributed by atoms with Crippen molar-refractivity contribution in [2.45, 2.75) is 12.5 Å². The first-order valence-corrected chi connectivity index (χ1v) is 14.0. The number of carbonyl (C=O) groups is 1. The Balaban J connectivity index is 1.29. The van der Waals surface area contributed by atoms with E-state index >= 15 is 0 Å². The molecule has 1 atom stereocenters. The van der Waals surface area contributed by atoms with E-state index in [0.29, 0.717) is 55.4 Å². The number of fused-ring (bicyclic) bond motifs is 1. The zero-order valence-electron chi connectivity index (χ0n) is 24.1. The third-order valence-corrected chi connectivity index (χ3v) is 7.29. The average molecular weight is 572 g/mol. The van der Waals surface area contributed by atoms with Gasteiger partial charge in [-0.15, -0.1) is 0 Å². The molecule has 1 aliphatic rings. The molecule has 0 saturated carbocycles. The minimum atomic E-state index is -0.0338. The van der Waals surface area contributed by atoms with Crippen molar-refractivity contribution in [3.8, 4) is 22.8 Å². The molecule has 1 saturated heterocycles. The molecule has 3 heterocycles. The Morgan fingerprint density at radius 1 is 1.02 bits per heavy atom.